The molecule has 0 radical (unpaired) electrons. The molecule has 0 amide bonds. The number of phenolic OH excluding ortho intramolecular Hbond substituents is 1. The predicted octanol–water partition coefficient (Wildman–Crippen LogP) is 1.78. The summed E-state index contributed by atoms with van der Waals surface area (Å²) < 4.78 is 50.7. The van der Waals surface area contributed by atoms with Gasteiger partial charge in [0.05, 0.1) is 16.3 Å². The minimum absolute atomic E-state index is 0. The van der Waals surface area contributed by atoms with Crippen molar-refractivity contribution in [2.45, 2.75) is 0 Å². The van der Waals surface area contributed by atoms with Crippen molar-refractivity contribution in [2.24, 2.45) is 20.5 Å². The number of nitrogens with zero attached hydrogens (tertiary/aromatic N) is 5. The molecule has 0 unspecified atom stereocenters. The molecule has 246 valence electrons. The van der Waals surface area contributed by atoms with Gasteiger partial charge < -0.3 is 10.4 Å². The van der Waals surface area contributed by atoms with Crippen molar-refractivity contribution in [3.8, 4) is 5.75 Å². The summed E-state index contributed by atoms with van der Waals surface area (Å²) in [5.74, 6) is -0.0105. The Balaban J connectivity index is 0.000000819. The molecule has 2 N–H and O–H groups in total. The molecule has 0 aliphatic heterocycles. The van der Waals surface area contributed by atoms with Gasteiger partial charge in [0, 0.05) is 40.6 Å². The van der Waals surface area contributed by atoms with Crippen molar-refractivity contribution >= 4 is 82.6 Å². The van der Waals surface area contributed by atoms with Crippen molar-refractivity contribution in [1.29, 1.82) is 0 Å². The Labute approximate surface area is 316 Å². The number of hydrogen-bond donors (Lipinski definition) is 2. The molecule has 0 aliphatic carbocycles. The van der Waals surface area contributed by atoms with Gasteiger partial charge in [-0.15, -0.1) is 30.6 Å². The van der Waals surface area contributed by atoms with Crippen LogP contribution in [0.5, 0.6) is 5.75 Å². The van der Waals surface area contributed by atoms with Crippen LogP contribution in [0.15, 0.2) is 130 Å². The fraction of sp³-hybridized carbons (Fsp3) is 0. The molecule has 0 spiro atoms. The molecule has 0 fully saturated rings. The summed E-state index contributed by atoms with van der Waals surface area (Å²) >= 11 is 0. The summed E-state index contributed by atoms with van der Waals surface area (Å²) in [6, 6.07) is 38.1. The Bertz CT molecular complexity index is 2400. The van der Waals surface area contributed by atoms with E-state index >= 15 is 0 Å². The Morgan fingerprint density at radius 3 is 1.90 bits per heavy atom. The van der Waals surface area contributed by atoms with E-state index in [4.69, 9.17) is 25.3 Å². The molecule has 0 saturated heterocycles. The number of azo groups is 2. The van der Waals surface area contributed by atoms with Gasteiger partial charge in [0.1, 0.15) is 0 Å². The third-order valence-corrected chi connectivity index (χ3v) is 6.36. The normalized spacial score (nSPS) is 10.2. The Hall–Kier alpha value is -5.53. The van der Waals surface area contributed by atoms with E-state index in [-0.39, 0.29) is 54.8 Å². The van der Waals surface area contributed by atoms with Crippen molar-refractivity contribution in [1.82, 2.24) is 0 Å². The van der Waals surface area contributed by atoms with Gasteiger partial charge in [-0.3, -0.25) is 10.1 Å². The molecule has 19 heteroatoms. The molecule has 51 heavy (non-hydrogen) atoms. The SMILES string of the molecule is O=S(=O)=O.O=S(=O)=O.O=[N+]([O-])c1ccc(N=Nc2ccc(N=Nc3[c-]cc4cc(Nc5ccccc5)ccc4c3O)c3cc[c-]cc23)cc1.[Li+].[Li+]. The maximum Gasteiger partial charge on any atom is 1.00 e. The van der Waals surface area contributed by atoms with Gasteiger partial charge in [-0.25, -0.2) is 0 Å². The van der Waals surface area contributed by atoms with E-state index in [9.17, 15) is 15.2 Å². The maximum atomic E-state index is 10.9. The monoisotopic (exact) mass is 710 g/mol. The summed E-state index contributed by atoms with van der Waals surface area (Å²) in [6.07, 6.45) is 0. The van der Waals surface area contributed by atoms with Gasteiger partial charge in [0.25, 0.3) is 5.69 Å². The number of hydrogen-bond acceptors (Lipinski definition) is 14. The zero-order valence-electron chi connectivity index (χ0n) is 26.7. The smallest absolute Gasteiger partial charge is 0.563 e. The van der Waals surface area contributed by atoms with Gasteiger partial charge in [-0.05, 0) is 42.5 Å². The molecule has 15 nitrogen and oxygen atoms in total. The molecule has 0 bridgehead atoms. The Kier molecular flexibility index (Phi) is 16.5. The number of nitrogens with one attached hydrogen (secondary N) is 1. The number of benzene rings is 6. The van der Waals surface area contributed by atoms with Crippen LogP contribution in [0, 0.1) is 22.2 Å². The largest absolute Gasteiger partial charge is 1.00 e. The van der Waals surface area contributed by atoms with Gasteiger partial charge in [-0.1, -0.05) is 46.5 Å². The predicted molar refractivity (Wildman–Crippen MR) is 178 cm³/mol. The molecular formula is C32H20Li2N6O9S2. The summed E-state index contributed by atoms with van der Waals surface area (Å²) in [5, 5.41) is 45.3. The van der Waals surface area contributed by atoms with E-state index in [0.717, 1.165) is 27.5 Å². The summed E-state index contributed by atoms with van der Waals surface area (Å²) in [7, 11) is -6.22. The van der Waals surface area contributed by atoms with Crippen LogP contribution in [-0.2, 0) is 21.2 Å². The Morgan fingerprint density at radius 2 is 1.27 bits per heavy atom. The first kappa shape index (κ1) is 41.6. The first-order valence-corrected chi connectivity index (χ1v) is 15.6. The second-order valence-electron chi connectivity index (χ2n) is 9.44. The minimum atomic E-state index is -3.11. The number of nitro groups is 1. The molecule has 6 aromatic rings. The van der Waals surface area contributed by atoms with Gasteiger partial charge in [0.15, 0.2) is 0 Å². The van der Waals surface area contributed by atoms with E-state index in [0.29, 0.717) is 22.4 Å². The van der Waals surface area contributed by atoms with E-state index in [1.165, 1.54) is 24.3 Å². The van der Waals surface area contributed by atoms with Gasteiger partial charge in [0.2, 0.25) is 0 Å². The van der Waals surface area contributed by atoms with Crippen LogP contribution in [0.3, 0.4) is 0 Å². The minimum Gasteiger partial charge on any atom is -0.563 e. The number of fused-ring (bicyclic) bond motifs is 2. The average molecular weight is 711 g/mol. The van der Waals surface area contributed by atoms with Crippen LogP contribution >= 0.6 is 0 Å². The van der Waals surface area contributed by atoms with E-state index in [2.05, 4.69) is 37.9 Å². The summed E-state index contributed by atoms with van der Waals surface area (Å²) in [5.41, 5.74) is 3.69. The van der Waals surface area contributed by atoms with Crippen LogP contribution in [0.25, 0.3) is 21.5 Å². The van der Waals surface area contributed by atoms with Crippen molar-refractivity contribution in [2.75, 3.05) is 5.32 Å². The molecule has 0 atom stereocenters. The molecule has 0 aliphatic rings. The first-order chi connectivity index (χ1) is 23.5. The number of para-hydroxylation sites is 1. The zero-order chi connectivity index (χ0) is 35.3. The van der Waals surface area contributed by atoms with Crippen LogP contribution in [-0.4, -0.2) is 35.3 Å². The van der Waals surface area contributed by atoms with Crippen LogP contribution in [0.4, 0.5) is 39.8 Å². The molecule has 6 rings (SSSR count). The van der Waals surface area contributed by atoms with Crippen LogP contribution in [0.1, 0.15) is 0 Å². The molecule has 6 aromatic carbocycles. The molecule has 0 saturated carbocycles. The maximum absolute atomic E-state index is 10.9. The van der Waals surface area contributed by atoms with Gasteiger partial charge >= 0.3 is 58.9 Å². The standard InChI is InChI=1S/C32H20N6O3.2Li.2O3S/c39-32-26-16-13-24(33-22-6-2-1-3-7-22)20-21(26)10-17-31(32)37-36-30-19-18-29(27-8-4-5-9-28(27)30)35-34-23-11-14-25(15-12-23)38(40)41;;;2*1-4(2)3/h1-3,5-16,18-20,33,39H;;;;/q-2;2*+1;;. The number of phenols is 1. The number of nitro benzene ring substituents is 1. The zero-order valence-corrected chi connectivity index (χ0v) is 28.3. The molecular weight excluding hydrogens is 690 g/mol. The summed E-state index contributed by atoms with van der Waals surface area (Å²) in [6.45, 7) is 0. The third kappa shape index (κ3) is 12.4. The second-order valence-corrected chi connectivity index (χ2v) is 10.3. The van der Waals surface area contributed by atoms with Crippen molar-refractivity contribution in [3.63, 3.8) is 0 Å². The number of rotatable bonds is 7. The summed E-state index contributed by atoms with van der Waals surface area (Å²) in [4.78, 5) is 10.4. The van der Waals surface area contributed by atoms with E-state index in [1.54, 1.807) is 30.3 Å². The second kappa shape index (κ2) is 20.2. The topological polar surface area (TPSA) is 227 Å². The van der Waals surface area contributed by atoms with Gasteiger partial charge in [-0.2, -0.15) is 56.9 Å². The van der Waals surface area contributed by atoms with E-state index < -0.39 is 26.1 Å². The average Bonchev–Trinajstić information content (AvgIpc) is 3.07. The van der Waals surface area contributed by atoms with Crippen LogP contribution < -0.4 is 43.0 Å². The van der Waals surface area contributed by atoms with Crippen LogP contribution in [0.2, 0.25) is 0 Å². The Morgan fingerprint density at radius 1 is 0.667 bits per heavy atom. The fourth-order valence-electron chi connectivity index (χ4n) is 4.32. The number of non-ortho nitro benzene ring substituents is 1. The number of anilines is 2. The van der Waals surface area contributed by atoms with E-state index in [1.807, 2.05) is 54.6 Å². The third-order valence-electron chi connectivity index (χ3n) is 6.36. The quantitative estimate of drug-likeness (QED) is 0.0802. The fourth-order valence-corrected chi connectivity index (χ4v) is 4.32. The van der Waals surface area contributed by atoms with Crippen molar-refractivity contribution in [3.05, 3.63) is 131 Å². The number of aromatic hydroxyl groups is 1. The van der Waals surface area contributed by atoms with Crippen molar-refractivity contribution < 1.29 is 73.0 Å². The molecule has 0 aromatic heterocycles. The first-order valence-electron chi connectivity index (χ1n) is 13.6. The molecule has 0 heterocycles.